The van der Waals surface area contributed by atoms with Crippen LogP contribution in [0.3, 0.4) is 0 Å². The molecule has 0 unspecified atom stereocenters. The number of fused-ring (bicyclic) bond motifs is 2. The predicted octanol–water partition coefficient (Wildman–Crippen LogP) is 3.92. The first kappa shape index (κ1) is 15.7. The number of thioether (sulfide) groups is 1. The Hall–Kier alpha value is -2.86. The van der Waals surface area contributed by atoms with E-state index in [2.05, 4.69) is 15.6 Å². The molecule has 5 nitrogen and oxygen atoms in total. The zero-order chi connectivity index (χ0) is 17.2. The van der Waals surface area contributed by atoms with Crippen LogP contribution in [-0.2, 0) is 4.79 Å². The number of carbonyl (C=O) groups is 2. The van der Waals surface area contributed by atoms with Gasteiger partial charge >= 0.3 is 0 Å². The minimum atomic E-state index is -0.255. The first-order valence-corrected chi connectivity index (χ1v) is 8.91. The van der Waals surface area contributed by atoms with Gasteiger partial charge in [-0.1, -0.05) is 18.2 Å². The van der Waals surface area contributed by atoms with Crippen molar-refractivity contribution in [1.29, 1.82) is 0 Å². The van der Waals surface area contributed by atoms with E-state index in [1.807, 2.05) is 36.4 Å². The molecule has 1 aliphatic heterocycles. The number of amides is 2. The zero-order valence-electron chi connectivity index (χ0n) is 13.3. The molecule has 2 N–H and O–H groups in total. The summed E-state index contributed by atoms with van der Waals surface area (Å²) in [5, 5.41) is 6.68. The van der Waals surface area contributed by atoms with E-state index in [-0.39, 0.29) is 11.8 Å². The molecule has 4 rings (SSSR count). The highest BCUT2D eigenvalue weighted by molar-refractivity contribution is 7.99. The Morgan fingerprint density at radius 2 is 2.00 bits per heavy atom. The highest BCUT2D eigenvalue weighted by Gasteiger charge is 2.16. The lowest BCUT2D eigenvalue weighted by Gasteiger charge is -2.10. The summed E-state index contributed by atoms with van der Waals surface area (Å²) >= 11 is 1.61. The van der Waals surface area contributed by atoms with Gasteiger partial charge in [-0.15, -0.1) is 11.8 Å². The van der Waals surface area contributed by atoms with Crippen molar-refractivity contribution >= 4 is 46.0 Å². The topological polar surface area (TPSA) is 71.1 Å². The molecule has 0 fully saturated rings. The van der Waals surface area contributed by atoms with Gasteiger partial charge in [0.15, 0.2) is 0 Å². The molecule has 25 heavy (non-hydrogen) atoms. The summed E-state index contributed by atoms with van der Waals surface area (Å²) in [5.74, 6) is 0.955. The van der Waals surface area contributed by atoms with Crippen LogP contribution in [0.25, 0.3) is 10.9 Å². The molecule has 1 aliphatic rings. The van der Waals surface area contributed by atoms with Gasteiger partial charge in [0, 0.05) is 28.0 Å². The van der Waals surface area contributed by atoms with Crippen LogP contribution in [0.5, 0.6) is 0 Å². The Morgan fingerprint density at radius 1 is 1.12 bits per heavy atom. The molecule has 2 aromatic carbocycles. The molecule has 2 heterocycles. The normalized spacial score (nSPS) is 13.7. The third-order valence-corrected chi connectivity index (χ3v) is 5.02. The van der Waals surface area contributed by atoms with Gasteiger partial charge in [-0.3, -0.25) is 9.59 Å². The number of carbonyl (C=O) groups excluding carboxylic acids is 2. The molecule has 0 bridgehead atoms. The van der Waals surface area contributed by atoms with Crippen LogP contribution in [0.1, 0.15) is 16.8 Å². The minimum Gasteiger partial charge on any atom is -0.325 e. The van der Waals surface area contributed by atoms with Crippen molar-refractivity contribution in [2.75, 3.05) is 16.4 Å². The van der Waals surface area contributed by atoms with Gasteiger partial charge in [0.25, 0.3) is 5.91 Å². The number of hydrogen-bond donors (Lipinski definition) is 2. The maximum Gasteiger partial charge on any atom is 0.256 e. The predicted molar refractivity (Wildman–Crippen MR) is 100 cm³/mol. The van der Waals surface area contributed by atoms with Gasteiger partial charge in [0.05, 0.1) is 11.2 Å². The molecule has 0 saturated heterocycles. The largest absolute Gasteiger partial charge is 0.325 e. The Labute approximate surface area is 148 Å². The van der Waals surface area contributed by atoms with E-state index >= 15 is 0 Å². The first-order valence-electron chi connectivity index (χ1n) is 7.93. The smallest absolute Gasteiger partial charge is 0.256 e. The lowest BCUT2D eigenvalue weighted by atomic mass is 10.1. The SMILES string of the molecule is O=C1CCSc2ccc(C(=O)Nc3ccc4ccccc4n3)cc2N1. The van der Waals surface area contributed by atoms with Crippen LogP contribution in [0, 0.1) is 0 Å². The fourth-order valence-electron chi connectivity index (χ4n) is 2.69. The van der Waals surface area contributed by atoms with Crippen molar-refractivity contribution < 1.29 is 9.59 Å². The summed E-state index contributed by atoms with van der Waals surface area (Å²) in [6.07, 6.45) is 0.474. The molecule has 124 valence electrons. The number of rotatable bonds is 2. The Balaban J connectivity index is 1.59. The molecule has 0 atom stereocenters. The van der Waals surface area contributed by atoms with E-state index in [9.17, 15) is 9.59 Å². The number of nitrogens with one attached hydrogen (secondary N) is 2. The lowest BCUT2D eigenvalue weighted by molar-refractivity contribution is -0.115. The van der Waals surface area contributed by atoms with Gasteiger partial charge in [0.2, 0.25) is 5.91 Å². The average Bonchev–Trinajstić information content (AvgIpc) is 2.81. The van der Waals surface area contributed by atoms with Gasteiger partial charge in [0.1, 0.15) is 5.82 Å². The van der Waals surface area contributed by atoms with Crippen molar-refractivity contribution in [1.82, 2.24) is 4.98 Å². The number of benzene rings is 2. The van der Waals surface area contributed by atoms with Crippen LogP contribution >= 0.6 is 11.8 Å². The van der Waals surface area contributed by atoms with E-state index in [1.165, 1.54) is 0 Å². The Bertz CT molecular complexity index is 987. The van der Waals surface area contributed by atoms with Crippen molar-refractivity contribution in [3.8, 4) is 0 Å². The van der Waals surface area contributed by atoms with Crippen molar-refractivity contribution in [2.24, 2.45) is 0 Å². The van der Waals surface area contributed by atoms with E-state index in [4.69, 9.17) is 0 Å². The molecule has 0 radical (unpaired) electrons. The second-order valence-corrected chi connectivity index (χ2v) is 6.84. The molecule has 0 saturated carbocycles. The summed E-state index contributed by atoms with van der Waals surface area (Å²) in [5.41, 5.74) is 1.99. The number of pyridine rings is 1. The minimum absolute atomic E-state index is 0.0278. The van der Waals surface area contributed by atoms with Gasteiger partial charge in [-0.05, 0) is 36.4 Å². The maximum atomic E-state index is 12.5. The fourth-order valence-corrected chi connectivity index (χ4v) is 3.62. The molecule has 2 amide bonds. The highest BCUT2D eigenvalue weighted by Crippen LogP contribution is 2.31. The molecule has 0 spiro atoms. The van der Waals surface area contributed by atoms with Crippen LogP contribution in [0.2, 0.25) is 0 Å². The highest BCUT2D eigenvalue weighted by atomic mass is 32.2. The first-order chi connectivity index (χ1) is 12.2. The number of hydrogen-bond acceptors (Lipinski definition) is 4. The third kappa shape index (κ3) is 3.34. The van der Waals surface area contributed by atoms with Crippen LogP contribution in [0.4, 0.5) is 11.5 Å². The van der Waals surface area contributed by atoms with Gasteiger partial charge in [-0.2, -0.15) is 0 Å². The van der Waals surface area contributed by atoms with E-state index in [0.717, 1.165) is 21.6 Å². The second-order valence-electron chi connectivity index (χ2n) is 5.70. The van der Waals surface area contributed by atoms with Crippen molar-refractivity contribution in [3.63, 3.8) is 0 Å². The monoisotopic (exact) mass is 349 g/mol. The summed E-state index contributed by atoms with van der Waals surface area (Å²) in [6, 6.07) is 16.8. The van der Waals surface area contributed by atoms with E-state index in [0.29, 0.717) is 23.5 Å². The second kappa shape index (κ2) is 6.57. The van der Waals surface area contributed by atoms with Crippen LogP contribution < -0.4 is 10.6 Å². The number of nitrogens with zero attached hydrogens (tertiary/aromatic N) is 1. The quantitative estimate of drug-likeness (QED) is 0.735. The Morgan fingerprint density at radius 3 is 2.92 bits per heavy atom. The van der Waals surface area contributed by atoms with Crippen LogP contribution in [-0.4, -0.2) is 22.6 Å². The van der Waals surface area contributed by atoms with Crippen molar-refractivity contribution in [3.05, 3.63) is 60.2 Å². The summed E-state index contributed by atoms with van der Waals surface area (Å²) in [7, 11) is 0. The van der Waals surface area contributed by atoms with Gasteiger partial charge < -0.3 is 10.6 Å². The third-order valence-electron chi connectivity index (χ3n) is 3.94. The van der Waals surface area contributed by atoms with Gasteiger partial charge in [-0.25, -0.2) is 4.98 Å². The maximum absolute atomic E-state index is 12.5. The molecule has 3 aromatic rings. The van der Waals surface area contributed by atoms with E-state index in [1.54, 1.807) is 30.0 Å². The van der Waals surface area contributed by atoms with Crippen LogP contribution in [0.15, 0.2) is 59.5 Å². The van der Waals surface area contributed by atoms with E-state index < -0.39 is 0 Å². The number of anilines is 2. The molecule has 0 aliphatic carbocycles. The molecule has 6 heteroatoms. The lowest BCUT2D eigenvalue weighted by Crippen LogP contribution is -2.14. The molecule has 1 aromatic heterocycles. The summed E-state index contributed by atoms with van der Waals surface area (Å²) in [4.78, 5) is 29.7. The summed E-state index contributed by atoms with van der Waals surface area (Å²) in [6.45, 7) is 0. The fraction of sp³-hybridized carbons (Fsp3) is 0.105. The Kier molecular flexibility index (Phi) is 4.11. The van der Waals surface area contributed by atoms with Crippen molar-refractivity contribution in [2.45, 2.75) is 11.3 Å². The average molecular weight is 349 g/mol. The number of aromatic nitrogens is 1. The number of para-hydroxylation sites is 1. The standard InChI is InChI=1S/C19H15N3O2S/c23-18-9-10-25-16-7-5-13(11-15(16)21-18)19(24)22-17-8-6-12-3-1-2-4-14(12)20-17/h1-8,11H,9-10H2,(H,21,23)(H,20,22,24). The zero-order valence-corrected chi connectivity index (χ0v) is 14.1. The molecular formula is C19H15N3O2S. The molecular weight excluding hydrogens is 334 g/mol. The summed E-state index contributed by atoms with van der Waals surface area (Å²) < 4.78 is 0.